The summed E-state index contributed by atoms with van der Waals surface area (Å²) in [5, 5.41) is 0. The predicted molar refractivity (Wildman–Crippen MR) is 65.8 cm³/mol. The van der Waals surface area contributed by atoms with Crippen LogP contribution in [0.4, 0.5) is 0 Å². The number of hydrogen-bond donors (Lipinski definition) is 1. The van der Waals surface area contributed by atoms with Gasteiger partial charge in [0.05, 0.1) is 0 Å². The summed E-state index contributed by atoms with van der Waals surface area (Å²) >= 11 is 2.02. The molecule has 1 rings (SSSR count). The molecule has 2 N–H and O–H groups in total. The van der Waals surface area contributed by atoms with Crippen LogP contribution in [0.25, 0.3) is 0 Å². The number of nitrogens with zero attached hydrogens (tertiary/aromatic N) is 1. The summed E-state index contributed by atoms with van der Waals surface area (Å²) in [5.74, 6) is 3.25. The number of rotatable bonds is 8. The third-order valence-corrected chi connectivity index (χ3v) is 4.08. The Morgan fingerprint density at radius 3 is 2.50 bits per heavy atom. The van der Waals surface area contributed by atoms with Gasteiger partial charge in [0.2, 0.25) is 0 Å². The molecule has 0 aliphatic heterocycles. The highest BCUT2D eigenvalue weighted by Gasteiger charge is 2.27. The van der Waals surface area contributed by atoms with Crippen molar-refractivity contribution in [2.24, 2.45) is 11.7 Å². The van der Waals surface area contributed by atoms with E-state index in [0.29, 0.717) is 6.04 Å². The van der Waals surface area contributed by atoms with Gasteiger partial charge in [-0.3, -0.25) is 0 Å². The van der Waals surface area contributed by atoms with E-state index in [1.165, 1.54) is 38.2 Å². The highest BCUT2D eigenvalue weighted by atomic mass is 32.2. The smallest absolute Gasteiger partial charge is 0.0158 e. The fourth-order valence-electron chi connectivity index (χ4n) is 1.61. The minimum atomic E-state index is 0.469. The molecule has 0 aromatic rings. The zero-order valence-electron chi connectivity index (χ0n) is 9.54. The minimum Gasteiger partial charge on any atom is -0.327 e. The highest BCUT2D eigenvalue weighted by molar-refractivity contribution is 7.99. The second-order valence-electron chi connectivity index (χ2n) is 4.10. The van der Waals surface area contributed by atoms with E-state index in [1.807, 2.05) is 11.8 Å². The SMILES string of the molecule is CCN(CC)CCSCC(N)C1CC1. The molecule has 0 aromatic heterocycles. The lowest BCUT2D eigenvalue weighted by atomic mass is 10.2. The van der Waals surface area contributed by atoms with Crippen molar-refractivity contribution in [3.63, 3.8) is 0 Å². The predicted octanol–water partition coefficient (Wildman–Crippen LogP) is 1.80. The molecule has 0 aromatic carbocycles. The van der Waals surface area contributed by atoms with Crippen LogP contribution in [0.2, 0.25) is 0 Å². The molecular weight excluding hydrogens is 192 g/mol. The monoisotopic (exact) mass is 216 g/mol. The Kier molecular flexibility index (Phi) is 5.90. The molecule has 1 unspecified atom stereocenters. The van der Waals surface area contributed by atoms with E-state index in [9.17, 15) is 0 Å². The molecule has 1 fully saturated rings. The molecule has 1 atom stereocenters. The zero-order chi connectivity index (χ0) is 10.4. The Morgan fingerprint density at radius 1 is 1.36 bits per heavy atom. The van der Waals surface area contributed by atoms with Crippen LogP contribution in [0.1, 0.15) is 26.7 Å². The van der Waals surface area contributed by atoms with Crippen LogP contribution in [-0.4, -0.2) is 42.1 Å². The zero-order valence-corrected chi connectivity index (χ0v) is 10.4. The van der Waals surface area contributed by atoms with Crippen LogP contribution in [0, 0.1) is 5.92 Å². The number of nitrogens with two attached hydrogens (primary N) is 1. The summed E-state index contributed by atoms with van der Waals surface area (Å²) in [5.41, 5.74) is 6.03. The standard InChI is InChI=1S/C11H24N2S/c1-3-13(4-2)7-8-14-9-11(12)10-5-6-10/h10-11H,3-9,12H2,1-2H3. The molecular formula is C11H24N2S. The van der Waals surface area contributed by atoms with Crippen LogP contribution in [0.5, 0.6) is 0 Å². The Bertz CT molecular complexity index is 140. The third kappa shape index (κ3) is 4.67. The Hall–Kier alpha value is 0.270. The topological polar surface area (TPSA) is 29.3 Å². The lowest BCUT2D eigenvalue weighted by Crippen LogP contribution is -2.28. The van der Waals surface area contributed by atoms with Gasteiger partial charge in [0.1, 0.15) is 0 Å². The van der Waals surface area contributed by atoms with E-state index in [-0.39, 0.29) is 0 Å². The first-order chi connectivity index (χ1) is 6.77. The van der Waals surface area contributed by atoms with Crippen molar-refractivity contribution in [3.05, 3.63) is 0 Å². The van der Waals surface area contributed by atoms with Gasteiger partial charge in [-0.25, -0.2) is 0 Å². The van der Waals surface area contributed by atoms with Crippen LogP contribution in [0.3, 0.4) is 0 Å². The van der Waals surface area contributed by atoms with Gasteiger partial charge >= 0.3 is 0 Å². The van der Waals surface area contributed by atoms with Crippen LogP contribution in [-0.2, 0) is 0 Å². The molecule has 0 radical (unpaired) electrons. The van der Waals surface area contributed by atoms with Gasteiger partial charge in [-0.15, -0.1) is 0 Å². The fraction of sp³-hybridized carbons (Fsp3) is 1.00. The lowest BCUT2D eigenvalue weighted by Gasteiger charge is -2.18. The molecule has 0 heterocycles. The fourth-order valence-corrected chi connectivity index (χ4v) is 2.71. The normalized spacial score (nSPS) is 18.9. The van der Waals surface area contributed by atoms with E-state index >= 15 is 0 Å². The van der Waals surface area contributed by atoms with Gasteiger partial charge in [0.15, 0.2) is 0 Å². The summed E-state index contributed by atoms with van der Waals surface area (Å²) in [6, 6.07) is 0.469. The quantitative estimate of drug-likeness (QED) is 0.627. The van der Waals surface area contributed by atoms with E-state index in [0.717, 1.165) is 11.7 Å². The van der Waals surface area contributed by atoms with Crippen molar-refractivity contribution in [2.45, 2.75) is 32.7 Å². The molecule has 3 heteroatoms. The summed E-state index contributed by atoms with van der Waals surface area (Å²) in [6.45, 7) is 8.01. The van der Waals surface area contributed by atoms with Gasteiger partial charge in [-0.2, -0.15) is 11.8 Å². The number of hydrogen-bond acceptors (Lipinski definition) is 3. The lowest BCUT2D eigenvalue weighted by molar-refractivity contribution is 0.324. The molecule has 0 spiro atoms. The molecule has 0 amide bonds. The Balaban J connectivity index is 1.92. The van der Waals surface area contributed by atoms with Gasteiger partial charge < -0.3 is 10.6 Å². The van der Waals surface area contributed by atoms with Gasteiger partial charge in [0.25, 0.3) is 0 Å². The van der Waals surface area contributed by atoms with Gasteiger partial charge in [-0.05, 0) is 31.8 Å². The molecule has 84 valence electrons. The summed E-state index contributed by atoms with van der Waals surface area (Å²) in [7, 11) is 0. The van der Waals surface area contributed by atoms with E-state index < -0.39 is 0 Å². The second kappa shape index (κ2) is 6.70. The highest BCUT2D eigenvalue weighted by Crippen LogP contribution is 2.32. The molecule has 0 saturated heterocycles. The third-order valence-electron chi connectivity index (χ3n) is 2.98. The average Bonchev–Trinajstić information content (AvgIpc) is 3.01. The maximum absolute atomic E-state index is 6.03. The first-order valence-electron chi connectivity index (χ1n) is 5.83. The van der Waals surface area contributed by atoms with Crippen molar-refractivity contribution >= 4 is 11.8 Å². The first kappa shape index (κ1) is 12.3. The molecule has 1 saturated carbocycles. The summed E-state index contributed by atoms with van der Waals surface area (Å²) in [6.07, 6.45) is 2.75. The summed E-state index contributed by atoms with van der Waals surface area (Å²) in [4.78, 5) is 2.47. The van der Waals surface area contributed by atoms with Crippen molar-refractivity contribution in [2.75, 3.05) is 31.1 Å². The molecule has 0 bridgehead atoms. The van der Waals surface area contributed by atoms with E-state index in [1.54, 1.807) is 0 Å². The first-order valence-corrected chi connectivity index (χ1v) is 6.99. The average molecular weight is 216 g/mol. The Morgan fingerprint density at radius 2 is 2.00 bits per heavy atom. The largest absolute Gasteiger partial charge is 0.327 e. The molecule has 14 heavy (non-hydrogen) atoms. The molecule has 2 nitrogen and oxygen atoms in total. The summed E-state index contributed by atoms with van der Waals surface area (Å²) < 4.78 is 0. The maximum atomic E-state index is 6.03. The molecule has 1 aliphatic carbocycles. The van der Waals surface area contributed by atoms with Crippen LogP contribution >= 0.6 is 11.8 Å². The van der Waals surface area contributed by atoms with Gasteiger partial charge in [-0.1, -0.05) is 13.8 Å². The van der Waals surface area contributed by atoms with E-state index in [4.69, 9.17) is 5.73 Å². The van der Waals surface area contributed by atoms with Crippen molar-refractivity contribution < 1.29 is 0 Å². The van der Waals surface area contributed by atoms with Crippen LogP contribution < -0.4 is 5.73 Å². The van der Waals surface area contributed by atoms with Crippen molar-refractivity contribution in [1.29, 1.82) is 0 Å². The Labute approximate surface area is 92.6 Å². The minimum absolute atomic E-state index is 0.469. The van der Waals surface area contributed by atoms with Crippen LogP contribution in [0.15, 0.2) is 0 Å². The van der Waals surface area contributed by atoms with Crippen molar-refractivity contribution in [3.8, 4) is 0 Å². The maximum Gasteiger partial charge on any atom is 0.0158 e. The van der Waals surface area contributed by atoms with Gasteiger partial charge in [0, 0.05) is 24.1 Å². The second-order valence-corrected chi connectivity index (χ2v) is 5.25. The molecule has 1 aliphatic rings. The van der Waals surface area contributed by atoms with E-state index in [2.05, 4.69) is 18.7 Å². The van der Waals surface area contributed by atoms with Crippen molar-refractivity contribution in [1.82, 2.24) is 4.90 Å². The number of thioether (sulfide) groups is 1.